The predicted molar refractivity (Wildman–Crippen MR) is 84.9 cm³/mol. The summed E-state index contributed by atoms with van der Waals surface area (Å²) in [5.41, 5.74) is -1.25. The zero-order valence-corrected chi connectivity index (χ0v) is 13.5. The maximum Gasteiger partial charge on any atom is 0.340 e. The van der Waals surface area contributed by atoms with Gasteiger partial charge < -0.3 is 15.5 Å². The number of aliphatic carboxylic acids is 1. The van der Waals surface area contributed by atoms with Crippen LogP contribution < -0.4 is 5.32 Å². The smallest absolute Gasteiger partial charge is 0.340 e. The summed E-state index contributed by atoms with van der Waals surface area (Å²) in [7, 11) is 0. The number of carboxylic acids is 1. The quantitative estimate of drug-likeness (QED) is 0.771. The monoisotopic (exact) mass is 339 g/mol. The first kappa shape index (κ1) is 17.3. The molecule has 3 rings (SSSR count). The Hall–Kier alpha value is -1.53. The van der Waals surface area contributed by atoms with Crippen molar-refractivity contribution in [3.8, 4) is 0 Å². The summed E-state index contributed by atoms with van der Waals surface area (Å²) < 4.78 is 27.2. The molecule has 1 aliphatic carbocycles. The number of rotatable bonds is 5. The number of benzene rings is 1. The van der Waals surface area contributed by atoms with E-state index in [-0.39, 0.29) is 18.4 Å². The van der Waals surface area contributed by atoms with Crippen molar-refractivity contribution < 1.29 is 23.8 Å². The van der Waals surface area contributed by atoms with E-state index in [4.69, 9.17) is 0 Å². The summed E-state index contributed by atoms with van der Waals surface area (Å²) >= 11 is 0. The summed E-state index contributed by atoms with van der Waals surface area (Å²) in [5, 5.41) is 24.0. The van der Waals surface area contributed by atoms with Crippen LogP contribution in [0.3, 0.4) is 0 Å². The van der Waals surface area contributed by atoms with Crippen LogP contribution in [0.5, 0.6) is 0 Å². The molecule has 1 saturated carbocycles. The van der Waals surface area contributed by atoms with Gasteiger partial charge in [0.15, 0.2) is 5.60 Å². The van der Waals surface area contributed by atoms with E-state index in [1.165, 1.54) is 0 Å². The maximum atomic E-state index is 13.6. The van der Waals surface area contributed by atoms with Gasteiger partial charge in [0, 0.05) is 18.8 Å². The molecule has 0 aromatic heterocycles. The highest BCUT2D eigenvalue weighted by atomic mass is 19.3. The highest BCUT2D eigenvalue weighted by molar-refractivity contribution is 5.80. The van der Waals surface area contributed by atoms with Gasteiger partial charge in [-0.2, -0.15) is 0 Å². The van der Waals surface area contributed by atoms with Crippen LogP contribution in [0.1, 0.15) is 36.8 Å². The van der Waals surface area contributed by atoms with Crippen molar-refractivity contribution in [1.82, 2.24) is 5.32 Å². The molecule has 3 atom stereocenters. The van der Waals surface area contributed by atoms with Crippen molar-refractivity contribution in [2.75, 3.05) is 13.1 Å². The second-order valence-electron chi connectivity index (χ2n) is 7.09. The summed E-state index contributed by atoms with van der Waals surface area (Å²) in [6.45, 7) is 1.77. The molecule has 0 radical (unpaired) electrons. The van der Waals surface area contributed by atoms with Crippen molar-refractivity contribution in [1.29, 1.82) is 0 Å². The van der Waals surface area contributed by atoms with Gasteiger partial charge in [-0.1, -0.05) is 24.3 Å². The molecule has 0 spiro atoms. The van der Waals surface area contributed by atoms with Gasteiger partial charge in [0.1, 0.15) is 0 Å². The fourth-order valence-electron chi connectivity index (χ4n) is 4.09. The Labute approximate surface area is 139 Å². The Kier molecular flexibility index (Phi) is 4.62. The van der Waals surface area contributed by atoms with Crippen LogP contribution >= 0.6 is 0 Å². The largest absolute Gasteiger partial charge is 0.479 e. The normalized spacial score (nSPS) is 28.6. The van der Waals surface area contributed by atoms with E-state index in [1.807, 2.05) is 0 Å². The SMILES string of the molecule is O=C(O)[C@](O)(c1ccccc1C[C@@H]1CCNC1)[C@@H]1CCC(F)(F)C1. The molecule has 1 saturated heterocycles. The van der Waals surface area contributed by atoms with Crippen LogP contribution in [-0.2, 0) is 16.8 Å². The summed E-state index contributed by atoms with van der Waals surface area (Å²) in [5.74, 6) is -4.96. The topological polar surface area (TPSA) is 69.6 Å². The molecule has 24 heavy (non-hydrogen) atoms. The minimum absolute atomic E-state index is 0.00905. The van der Waals surface area contributed by atoms with Crippen LogP contribution in [0.4, 0.5) is 8.78 Å². The second-order valence-corrected chi connectivity index (χ2v) is 7.09. The Morgan fingerprint density at radius 1 is 1.33 bits per heavy atom. The Bertz CT molecular complexity index is 616. The summed E-state index contributed by atoms with van der Waals surface area (Å²) in [6, 6.07) is 6.83. The van der Waals surface area contributed by atoms with Gasteiger partial charge in [-0.15, -0.1) is 0 Å². The first-order valence-corrected chi connectivity index (χ1v) is 8.45. The van der Waals surface area contributed by atoms with Gasteiger partial charge in [-0.05, 0) is 49.4 Å². The number of nitrogens with one attached hydrogen (secondary N) is 1. The van der Waals surface area contributed by atoms with Crippen molar-refractivity contribution in [2.45, 2.75) is 43.6 Å². The fraction of sp³-hybridized carbons (Fsp3) is 0.611. The molecule has 0 unspecified atom stereocenters. The molecule has 0 amide bonds. The summed E-state index contributed by atoms with van der Waals surface area (Å²) in [4.78, 5) is 11.9. The third kappa shape index (κ3) is 3.17. The van der Waals surface area contributed by atoms with Crippen LogP contribution in [0, 0.1) is 11.8 Å². The van der Waals surface area contributed by atoms with Gasteiger partial charge >= 0.3 is 5.97 Å². The van der Waals surface area contributed by atoms with Gasteiger partial charge in [0.2, 0.25) is 5.92 Å². The van der Waals surface area contributed by atoms with E-state index in [1.54, 1.807) is 24.3 Å². The summed E-state index contributed by atoms with van der Waals surface area (Å²) in [6.07, 6.45) is 0.676. The average Bonchev–Trinajstić information content (AvgIpc) is 3.16. The van der Waals surface area contributed by atoms with Gasteiger partial charge in [0.25, 0.3) is 0 Å². The first-order chi connectivity index (χ1) is 11.3. The number of halogens is 2. The predicted octanol–water partition coefficient (Wildman–Crippen LogP) is 2.55. The van der Waals surface area contributed by atoms with E-state index >= 15 is 0 Å². The third-order valence-electron chi connectivity index (χ3n) is 5.42. The number of aliphatic hydroxyl groups is 1. The van der Waals surface area contributed by atoms with E-state index in [0.29, 0.717) is 12.3 Å². The van der Waals surface area contributed by atoms with Gasteiger partial charge in [-0.25, -0.2) is 13.6 Å². The molecule has 2 fully saturated rings. The third-order valence-corrected chi connectivity index (χ3v) is 5.42. The lowest BCUT2D eigenvalue weighted by Crippen LogP contribution is -2.43. The van der Waals surface area contributed by atoms with Crippen LogP contribution in [0.2, 0.25) is 0 Å². The van der Waals surface area contributed by atoms with Gasteiger partial charge in [-0.3, -0.25) is 0 Å². The molecule has 132 valence electrons. The Morgan fingerprint density at radius 3 is 2.67 bits per heavy atom. The zero-order chi connectivity index (χ0) is 17.4. The molecule has 1 heterocycles. The van der Waals surface area contributed by atoms with Crippen LogP contribution in [0.25, 0.3) is 0 Å². The molecule has 1 aliphatic heterocycles. The lowest BCUT2D eigenvalue weighted by Gasteiger charge is -2.32. The molecule has 2 aliphatic rings. The highest BCUT2D eigenvalue weighted by Gasteiger charge is 2.54. The van der Waals surface area contributed by atoms with Crippen molar-refractivity contribution >= 4 is 5.97 Å². The molecule has 6 heteroatoms. The lowest BCUT2D eigenvalue weighted by molar-refractivity contribution is -0.167. The first-order valence-electron chi connectivity index (χ1n) is 8.45. The lowest BCUT2D eigenvalue weighted by atomic mass is 9.76. The molecule has 3 N–H and O–H groups in total. The average molecular weight is 339 g/mol. The fourth-order valence-corrected chi connectivity index (χ4v) is 4.09. The van der Waals surface area contributed by atoms with Crippen molar-refractivity contribution in [3.05, 3.63) is 35.4 Å². The Morgan fingerprint density at radius 2 is 2.08 bits per heavy atom. The minimum Gasteiger partial charge on any atom is -0.479 e. The zero-order valence-electron chi connectivity index (χ0n) is 13.5. The molecule has 1 aromatic carbocycles. The number of alkyl halides is 2. The van der Waals surface area contributed by atoms with Crippen molar-refractivity contribution in [2.24, 2.45) is 11.8 Å². The van der Waals surface area contributed by atoms with E-state index in [0.717, 1.165) is 25.1 Å². The molecule has 0 bridgehead atoms. The second kappa shape index (κ2) is 6.41. The van der Waals surface area contributed by atoms with Gasteiger partial charge in [0.05, 0.1) is 0 Å². The van der Waals surface area contributed by atoms with Crippen LogP contribution in [-0.4, -0.2) is 35.2 Å². The van der Waals surface area contributed by atoms with E-state index in [2.05, 4.69) is 5.32 Å². The number of carbonyl (C=O) groups is 1. The number of hydrogen-bond donors (Lipinski definition) is 3. The standard InChI is InChI=1S/C18H23F2NO3/c19-17(20)7-5-14(10-17)18(24,16(22)23)15-4-2-1-3-13(15)9-12-6-8-21-11-12/h1-4,12,14,21,24H,5-11H2,(H,22,23)/t12-,14+,18+/m0/s1. The molecular weight excluding hydrogens is 316 g/mol. The van der Waals surface area contributed by atoms with E-state index in [9.17, 15) is 23.8 Å². The molecule has 4 nitrogen and oxygen atoms in total. The molecular formula is C18H23F2NO3. The minimum atomic E-state index is -2.90. The van der Waals surface area contributed by atoms with E-state index < -0.39 is 29.8 Å². The van der Waals surface area contributed by atoms with Crippen molar-refractivity contribution in [3.63, 3.8) is 0 Å². The number of hydrogen-bond acceptors (Lipinski definition) is 3. The number of carboxylic acid groups (broad SMARTS) is 1. The maximum absolute atomic E-state index is 13.6. The Balaban J connectivity index is 1.95. The van der Waals surface area contributed by atoms with Crippen LogP contribution in [0.15, 0.2) is 24.3 Å². The highest BCUT2D eigenvalue weighted by Crippen LogP contribution is 2.48. The molecule has 1 aromatic rings.